The zero-order chi connectivity index (χ0) is 12.0. The van der Waals surface area contributed by atoms with E-state index in [1.54, 1.807) is 6.07 Å². The van der Waals surface area contributed by atoms with Gasteiger partial charge in [-0.2, -0.15) is 0 Å². The first-order chi connectivity index (χ1) is 8.15. The molecule has 3 rings (SSSR count). The lowest BCUT2D eigenvalue weighted by Crippen LogP contribution is -2.32. The van der Waals surface area contributed by atoms with Crippen LogP contribution in [0.5, 0.6) is 0 Å². The molecule has 2 N–H and O–H groups in total. The molecular weight excluding hydrogens is 261 g/mol. The molecule has 0 aromatic carbocycles. The maximum Gasteiger partial charge on any atom is 0.270 e. The van der Waals surface area contributed by atoms with Crippen LogP contribution in [-0.2, 0) is 0 Å². The van der Waals surface area contributed by atoms with Gasteiger partial charge >= 0.3 is 0 Å². The Balaban J connectivity index is 1.75. The molecule has 0 unspecified atom stereocenters. The van der Waals surface area contributed by atoms with Gasteiger partial charge in [-0.1, -0.05) is 23.2 Å². The SMILES string of the molecule is O=C(c1cc(Cl)c(Cl)[nH]1)N1C[C@H]2CNC[C@H]2C1. The van der Waals surface area contributed by atoms with E-state index in [0.717, 1.165) is 26.2 Å². The van der Waals surface area contributed by atoms with E-state index < -0.39 is 0 Å². The standard InChI is InChI=1S/C11H13Cl2N3O/c12-8-1-9(15-10(8)13)11(17)16-4-6-2-14-3-7(6)5-16/h1,6-7,14-15H,2-5H2/t6-,7+. The minimum Gasteiger partial charge on any atom is -0.340 e. The molecule has 1 aromatic rings. The van der Waals surface area contributed by atoms with Crippen LogP contribution in [0.15, 0.2) is 6.07 Å². The Kier molecular flexibility index (Phi) is 2.81. The molecule has 17 heavy (non-hydrogen) atoms. The predicted octanol–water partition coefficient (Wildman–Crippen LogP) is 1.61. The minimum atomic E-state index is -0.00630. The molecule has 2 aliphatic heterocycles. The fourth-order valence-electron chi connectivity index (χ4n) is 2.71. The number of fused-ring (bicyclic) bond motifs is 1. The van der Waals surface area contributed by atoms with E-state index in [-0.39, 0.29) is 5.91 Å². The summed E-state index contributed by atoms with van der Waals surface area (Å²) in [7, 11) is 0. The number of hydrogen-bond acceptors (Lipinski definition) is 2. The number of H-pyrrole nitrogens is 1. The van der Waals surface area contributed by atoms with Gasteiger partial charge in [-0.15, -0.1) is 0 Å². The molecule has 4 nitrogen and oxygen atoms in total. The van der Waals surface area contributed by atoms with Crippen molar-refractivity contribution in [3.8, 4) is 0 Å². The first kappa shape index (κ1) is 11.4. The molecule has 2 saturated heterocycles. The van der Waals surface area contributed by atoms with Crippen LogP contribution >= 0.6 is 23.2 Å². The number of nitrogens with one attached hydrogen (secondary N) is 2. The van der Waals surface area contributed by atoms with Crippen LogP contribution in [0.1, 0.15) is 10.5 Å². The molecule has 2 fully saturated rings. The normalized spacial score (nSPS) is 27.5. The molecule has 1 amide bonds. The molecule has 92 valence electrons. The number of aromatic nitrogens is 1. The molecule has 0 saturated carbocycles. The highest BCUT2D eigenvalue weighted by Gasteiger charge is 2.38. The lowest BCUT2D eigenvalue weighted by molar-refractivity contribution is 0.0776. The largest absolute Gasteiger partial charge is 0.340 e. The van der Waals surface area contributed by atoms with Crippen molar-refractivity contribution in [1.29, 1.82) is 0 Å². The lowest BCUT2D eigenvalue weighted by Gasteiger charge is -2.16. The highest BCUT2D eigenvalue weighted by atomic mass is 35.5. The van der Waals surface area contributed by atoms with E-state index in [2.05, 4.69) is 10.3 Å². The van der Waals surface area contributed by atoms with Crippen LogP contribution in [0.2, 0.25) is 10.2 Å². The first-order valence-corrected chi connectivity index (χ1v) is 6.44. The molecule has 0 aliphatic carbocycles. The van der Waals surface area contributed by atoms with E-state index in [0.29, 0.717) is 27.7 Å². The molecule has 0 spiro atoms. The third-order valence-electron chi connectivity index (χ3n) is 3.63. The minimum absolute atomic E-state index is 0.00630. The fourth-order valence-corrected chi connectivity index (χ4v) is 3.02. The Bertz CT molecular complexity index is 428. The molecule has 6 heteroatoms. The van der Waals surface area contributed by atoms with Gasteiger partial charge in [-0.3, -0.25) is 4.79 Å². The van der Waals surface area contributed by atoms with E-state index in [9.17, 15) is 4.79 Å². The Morgan fingerprint density at radius 2 is 1.94 bits per heavy atom. The smallest absolute Gasteiger partial charge is 0.270 e. The summed E-state index contributed by atoms with van der Waals surface area (Å²) < 4.78 is 0. The van der Waals surface area contributed by atoms with Gasteiger partial charge in [0.2, 0.25) is 0 Å². The summed E-state index contributed by atoms with van der Waals surface area (Å²) in [5, 5.41) is 4.08. The van der Waals surface area contributed by atoms with E-state index in [1.165, 1.54) is 0 Å². The molecule has 1 aromatic heterocycles. The number of rotatable bonds is 1. The van der Waals surface area contributed by atoms with Gasteiger partial charge in [0.25, 0.3) is 5.91 Å². The second kappa shape index (κ2) is 4.19. The lowest BCUT2D eigenvalue weighted by atomic mass is 10.0. The van der Waals surface area contributed by atoms with Crippen LogP contribution in [0.25, 0.3) is 0 Å². The van der Waals surface area contributed by atoms with Gasteiger partial charge in [-0.05, 0) is 17.9 Å². The van der Waals surface area contributed by atoms with Gasteiger partial charge in [-0.25, -0.2) is 0 Å². The molecular formula is C11H13Cl2N3O. The number of likely N-dealkylation sites (tertiary alicyclic amines) is 1. The Morgan fingerprint density at radius 3 is 2.47 bits per heavy atom. The van der Waals surface area contributed by atoms with Crippen molar-refractivity contribution in [3.05, 3.63) is 21.9 Å². The summed E-state index contributed by atoms with van der Waals surface area (Å²) in [4.78, 5) is 16.9. The van der Waals surface area contributed by atoms with Gasteiger partial charge < -0.3 is 15.2 Å². The Morgan fingerprint density at radius 1 is 1.29 bits per heavy atom. The van der Waals surface area contributed by atoms with Crippen molar-refractivity contribution in [3.63, 3.8) is 0 Å². The highest BCUT2D eigenvalue weighted by Crippen LogP contribution is 2.28. The van der Waals surface area contributed by atoms with Crippen molar-refractivity contribution < 1.29 is 4.79 Å². The van der Waals surface area contributed by atoms with Crippen molar-refractivity contribution in [2.45, 2.75) is 0 Å². The fraction of sp³-hybridized carbons (Fsp3) is 0.545. The summed E-state index contributed by atoms with van der Waals surface area (Å²) in [6.45, 7) is 3.68. The van der Waals surface area contributed by atoms with Crippen molar-refractivity contribution >= 4 is 29.1 Å². The number of halogens is 2. The van der Waals surface area contributed by atoms with Crippen LogP contribution in [-0.4, -0.2) is 42.0 Å². The third-order valence-corrected chi connectivity index (χ3v) is 4.33. The first-order valence-electron chi connectivity index (χ1n) is 5.69. The highest BCUT2D eigenvalue weighted by molar-refractivity contribution is 6.41. The number of amides is 1. The summed E-state index contributed by atoms with van der Waals surface area (Å²) in [6.07, 6.45) is 0. The monoisotopic (exact) mass is 273 g/mol. The number of aromatic amines is 1. The molecule has 2 aliphatic rings. The quantitative estimate of drug-likeness (QED) is 0.817. The number of hydrogen-bond donors (Lipinski definition) is 2. The van der Waals surface area contributed by atoms with Crippen molar-refractivity contribution in [2.75, 3.05) is 26.2 Å². The van der Waals surface area contributed by atoms with Gasteiger partial charge in [0.05, 0.1) is 5.02 Å². The van der Waals surface area contributed by atoms with Gasteiger partial charge in [0.1, 0.15) is 10.8 Å². The van der Waals surface area contributed by atoms with Crippen LogP contribution < -0.4 is 5.32 Å². The summed E-state index contributed by atoms with van der Waals surface area (Å²) in [5.41, 5.74) is 0.480. The van der Waals surface area contributed by atoms with Crippen LogP contribution in [0.4, 0.5) is 0 Å². The van der Waals surface area contributed by atoms with Gasteiger partial charge in [0.15, 0.2) is 0 Å². The van der Waals surface area contributed by atoms with E-state index in [4.69, 9.17) is 23.2 Å². The number of nitrogens with zero attached hydrogens (tertiary/aromatic N) is 1. The zero-order valence-electron chi connectivity index (χ0n) is 9.17. The van der Waals surface area contributed by atoms with Crippen molar-refractivity contribution in [1.82, 2.24) is 15.2 Å². The summed E-state index contributed by atoms with van der Waals surface area (Å²) in [6, 6.07) is 1.60. The Labute approximate surface area is 109 Å². The number of carbonyl (C=O) groups is 1. The van der Waals surface area contributed by atoms with E-state index in [1.807, 2.05) is 4.90 Å². The van der Waals surface area contributed by atoms with E-state index >= 15 is 0 Å². The van der Waals surface area contributed by atoms with Gasteiger partial charge in [0, 0.05) is 26.2 Å². The summed E-state index contributed by atoms with van der Waals surface area (Å²) >= 11 is 11.6. The molecule has 2 atom stereocenters. The average molecular weight is 274 g/mol. The second-order valence-corrected chi connectivity index (χ2v) is 5.52. The van der Waals surface area contributed by atoms with Crippen molar-refractivity contribution in [2.24, 2.45) is 11.8 Å². The third kappa shape index (κ3) is 1.94. The molecule has 0 bridgehead atoms. The predicted molar refractivity (Wildman–Crippen MR) is 66.6 cm³/mol. The maximum absolute atomic E-state index is 12.2. The molecule has 0 radical (unpaired) electrons. The summed E-state index contributed by atoms with van der Waals surface area (Å²) in [5.74, 6) is 1.19. The maximum atomic E-state index is 12.2. The second-order valence-electron chi connectivity index (χ2n) is 4.73. The topological polar surface area (TPSA) is 48.1 Å². The van der Waals surface area contributed by atoms with Crippen LogP contribution in [0, 0.1) is 11.8 Å². The number of carbonyl (C=O) groups excluding carboxylic acids is 1. The molecule has 3 heterocycles. The average Bonchev–Trinajstić information content (AvgIpc) is 2.92. The Hall–Kier alpha value is -0.710. The zero-order valence-corrected chi connectivity index (χ0v) is 10.7. The van der Waals surface area contributed by atoms with Crippen LogP contribution in [0.3, 0.4) is 0 Å².